The normalized spacial score (nSPS) is 10.7. The van der Waals surface area contributed by atoms with Crippen LogP contribution in [0.15, 0.2) is 53.5 Å². The summed E-state index contributed by atoms with van der Waals surface area (Å²) < 4.78 is 0. The predicted octanol–water partition coefficient (Wildman–Crippen LogP) is 3.98. The van der Waals surface area contributed by atoms with Gasteiger partial charge in [0.05, 0.1) is 5.39 Å². The fourth-order valence-corrected chi connectivity index (χ4v) is 2.89. The molecule has 0 radical (unpaired) electrons. The second-order valence-electron chi connectivity index (χ2n) is 3.84. The van der Waals surface area contributed by atoms with Crippen LogP contribution in [0.5, 0.6) is 0 Å². The molecule has 1 aromatic carbocycles. The Morgan fingerprint density at radius 3 is 2.67 bits per heavy atom. The van der Waals surface area contributed by atoms with Crippen molar-refractivity contribution in [1.29, 1.82) is 0 Å². The van der Waals surface area contributed by atoms with Crippen LogP contribution in [0, 0.1) is 0 Å². The number of aromatic nitrogens is 1. The van der Waals surface area contributed by atoms with Crippen molar-refractivity contribution in [3.63, 3.8) is 0 Å². The summed E-state index contributed by atoms with van der Waals surface area (Å²) in [5.74, 6) is 0. The summed E-state index contributed by atoms with van der Waals surface area (Å²) in [4.78, 5) is 17.9. The van der Waals surface area contributed by atoms with Gasteiger partial charge in [-0.15, -0.1) is 11.3 Å². The summed E-state index contributed by atoms with van der Waals surface area (Å²) in [6, 6.07) is 12.7. The lowest BCUT2D eigenvalue weighted by molar-refractivity contribution is 1.44. The summed E-state index contributed by atoms with van der Waals surface area (Å²) in [5.41, 5.74) is 0.982. The highest BCUT2D eigenvalue weighted by molar-refractivity contribution is 7.21. The minimum absolute atomic E-state index is 0.00167. The molecule has 0 saturated carbocycles. The van der Waals surface area contributed by atoms with Gasteiger partial charge in [0.1, 0.15) is 4.83 Å². The molecule has 3 aromatic rings. The zero-order valence-electron chi connectivity index (χ0n) is 9.26. The lowest BCUT2D eigenvalue weighted by Gasteiger charge is -2.02. The quantitative estimate of drug-likeness (QED) is 0.671. The number of halogens is 1. The molecule has 0 fully saturated rings. The number of fused-ring (bicyclic) bond motifs is 1. The molecule has 0 N–H and O–H groups in total. The lowest BCUT2D eigenvalue weighted by Crippen LogP contribution is -1.99. The van der Waals surface area contributed by atoms with Crippen LogP contribution in [-0.2, 0) is 0 Å². The number of hydrogen-bond donors (Lipinski definition) is 0. The molecule has 0 aliphatic carbocycles. The second kappa shape index (κ2) is 4.52. The van der Waals surface area contributed by atoms with Crippen molar-refractivity contribution in [2.45, 2.75) is 0 Å². The third-order valence-corrected chi connectivity index (χ3v) is 3.98. The van der Waals surface area contributed by atoms with Crippen LogP contribution < -0.4 is 5.43 Å². The smallest absolute Gasteiger partial charge is 0.190 e. The highest BCUT2D eigenvalue weighted by Gasteiger charge is 2.05. The van der Waals surface area contributed by atoms with E-state index in [1.54, 1.807) is 24.4 Å². The third kappa shape index (κ3) is 2.03. The molecule has 0 atom stereocenters. The van der Waals surface area contributed by atoms with Gasteiger partial charge < -0.3 is 0 Å². The minimum Gasteiger partial charge on any atom is -0.289 e. The average Bonchev–Trinajstić information content (AvgIpc) is 2.39. The number of hydrogen-bond acceptors (Lipinski definition) is 3. The molecule has 0 unspecified atom stereocenters. The molecule has 0 amide bonds. The number of nitrogens with zero attached hydrogens (tertiary/aromatic N) is 1. The average molecular weight is 274 g/mol. The molecule has 18 heavy (non-hydrogen) atoms. The van der Waals surface area contributed by atoms with E-state index in [0.29, 0.717) is 10.4 Å². The molecule has 88 valence electrons. The number of benzene rings is 1. The van der Waals surface area contributed by atoms with Gasteiger partial charge in [-0.3, -0.25) is 4.79 Å². The van der Waals surface area contributed by atoms with Gasteiger partial charge in [0.15, 0.2) is 5.43 Å². The van der Waals surface area contributed by atoms with Crippen molar-refractivity contribution in [1.82, 2.24) is 4.98 Å². The topological polar surface area (TPSA) is 30.0 Å². The van der Waals surface area contributed by atoms with E-state index < -0.39 is 0 Å². The van der Waals surface area contributed by atoms with E-state index in [-0.39, 0.29) is 5.43 Å². The molecule has 0 spiro atoms. The van der Waals surface area contributed by atoms with Crippen LogP contribution in [-0.4, -0.2) is 4.98 Å². The van der Waals surface area contributed by atoms with Crippen LogP contribution in [0.25, 0.3) is 20.7 Å². The maximum absolute atomic E-state index is 12.0. The molecule has 2 aromatic heterocycles. The molecule has 0 aliphatic heterocycles. The van der Waals surface area contributed by atoms with Crippen molar-refractivity contribution in [3.8, 4) is 10.4 Å². The van der Waals surface area contributed by atoms with Crippen LogP contribution in [0.2, 0.25) is 5.02 Å². The Bertz CT molecular complexity index is 765. The van der Waals surface area contributed by atoms with Gasteiger partial charge in [-0.1, -0.05) is 23.7 Å². The highest BCUT2D eigenvalue weighted by Crippen LogP contribution is 2.27. The largest absolute Gasteiger partial charge is 0.289 e. The SMILES string of the molecule is O=c1cc(-c2ccc(Cl)cc2)sc2ncccc12. The van der Waals surface area contributed by atoms with Crippen molar-refractivity contribution >= 4 is 33.2 Å². The Hall–Kier alpha value is -1.71. The summed E-state index contributed by atoms with van der Waals surface area (Å²) >= 11 is 7.36. The van der Waals surface area contributed by atoms with Gasteiger partial charge in [-0.2, -0.15) is 0 Å². The van der Waals surface area contributed by atoms with Crippen LogP contribution in [0.3, 0.4) is 0 Å². The van der Waals surface area contributed by atoms with Gasteiger partial charge in [0, 0.05) is 22.2 Å². The van der Waals surface area contributed by atoms with Crippen LogP contribution in [0.1, 0.15) is 0 Å². The Morgan fingerprint density at radius 2 is 1.89 bits per heavy atom. The maximum Gasteiger partial charge on any atom is 0.190 e. The van der Waals surface area contributed by atoms with E-state index in [2.05, 4.69) is 4.98 Å². The zero-order chi connectivity index (χ0) is 12.5. The first kappa shape index (κ1) is 11.4. The van der Waals surface area contributed by atoms with E-state index >= 15 is 0 Å². The molecule has 0 aliphatic rings. The van der Waals surface area contributed by atoms with Crippen LogP contribution >= 0.6 is 22.9 Å². The first-order valence-corrected chi connectivity index (χ1v) is 6.58. The number of pyridine rings is 1. The highest BCUT2D eigenvalue weighted by atomic mass is 35.5. The Labute approximate surface area is 113 Å². The van der Waals surface area contributed by atoms with Crippen molar-refractivity contribution in [2.75, 3.05) is 0 Å². The first-order chi connectivity index (χ1) is 8.74. The van der Waals surface area contributed by atoms with Gasteiger partial charge >= 0.3 is 0 Å². The van der Waals surface area contributed by atoms with Gasteiger partial charge in [0.25, 0.3) is 0 Å². The standard InChI is InChI=1S/C14H8ClNOS/c15-10-5-3-9(4-6-10)13-8-12(17)11-2-1-7-16-14(11)18-13/h1-8H. The maximum atomic E-state index is 12.0. The fourth-order valence-electron chi connectivity index (χ4n) is 1.75. The third-order valence-electron chi connectivity index (χ3n) is 2.63. The van der Waals surface area contributed by atoms with Gasteiger partial charge in [0.2, 0.25) is 0 Å². The lowest BCUT2D eigenvalue weighted by atomic mass is 10.2. The number of rotatable bonds is 1. The minimum atomic E-state index is 0.00167. The van der Waals surface area contributed by atoms with E-state index in [1.165, 1.54) is 11.3 Å². The summed E-state index contributed by atoms with van der Waals surface area (Å²) in [7, 11) is 0. The monoisotopic (exact) mass is 273 g/mol. The van der Waals surface area contributed by atoms with Crippen molar-refractivity contribution in [3.05, 3.63) is 63.9 Å². The molecular formula is C14H8ClNOS. The molecule has 0 saturated heterocycles. The summed E-state index contributed by atoms with van der Waals surface area (Å²) in [6.07, 6.45) is 1.70. The van der Waals surface area contributed by atoms with Crippen LogP contribution in [0.4, 0.5) is 0 Å². The Morgan fingerprint density at radius 1 is 1.11 bits per heavy atom. The van der Waals surface area contributed by atoms with Crippen molar-refractivity contribution in [2.24, 2.45) is 0 Å². The Kier molecular flexibility index (Phi) is 2.86. The zero-order valence-corrected chi connectivity index (χ0v) is 10.8. The summed E-state index contributed by atoms with van der Waals surface area (Å²) in [6.45, 7) is 0. The van der Waals surface area contributed by atoms with Gasteiger partial charge in [-0.05, 0) is 29.8 Å². The van der Waals surface area contributed by atoms with E-state index in [9.17, 15) is 4.79 Å². The molecule has 2 heterocycles. The molecule has 4 heteroatoms. The van der Waals surface area contributed by atoms with Gasteiger partial charge in [-0.25, -0.2) is 4.98 Å². The molecule has 2 nitrogen and oxygen atoms in total. The summed E-state index contributed by atoms with van der Waals surface area (Å²) in [5, 5.41) is 1.35. The molecular weight excluding hydrogens is 266 g/mol. The molecule has 0 bridgehead atoms. The van der Waals surface area contributed by atoms with Crippen molar-refractivity contribution < 1.29 is 0 Å². The van der Waals surface area contributed by atoms with E-state index in [4.69, 9.17) is 11.6 Å². The second-order valence-corrected chi connectivity index (χ2v) is 5.30. The predicted molar refractivity (Wildman–Crippen MR) is 76.3 cm³/mol. The van der Waals surface area contributed by atoms with E-state index in [1.807, 2.05) is 24.3 Å². The first-order valence-electron chi connectivity index (χ1n) is 5.39. The molecule has 3 rings (SSSR count). The van der Waals surface area contributed by atoms with E-state index in [0.717, 1.165) is 15.3 Å². The fraction of sp³-hybridized carbons (Fsp3) is 0. The Balaban J connectivity index is 2.24.